The summed E-state index contributed by atoms with van der Waals surface area (Å²) in [6.07, 6.45) is 0.748. The predicted molar refractivity (Wildman–Crippen MR) is 77.4 cm³/mol. The zero-order chi connectivity index (χ0) is 15.0. The molecule has 0 atom stereocenters. The first-order chi connectivity index (χ1) is 9.60. The molecule has 0 heterocycles. The van der Waals surface area contributed by atoms with Crippen LogP contribution < -0.4 is 0 Å². The maximum atomic E-state index is 12.4. The van der Waals surface area contributed by atoms with Crippen molar-refractivity contribution in [3.63, 3.8) is 0 Å². The van der Waals surface area contributed by atoms with E-state index in [0.717, 1.165) is 6.42 Å². The molecule has 6 heteroatoms. The van der Waals surface area contributed by atoms with Crippen LogP contribution in [0, 0.1) is 0 Å². The van der Waals surface area contributed by atoms with Crippen LogP contribution in [0.25, 0.3) is 0 Å². The van der Waals surface area contributed by atoms with Gasteiger partial charge in [0.1, 0.15) is 5.75 Å². The molecule has 0 spiro atoms. The second kappa shape index (κ2) is 8.79. The molecule has 0 unspecified atom stereocenters. The summed E-state index contributed by atoms with van der Waals surface area (Å²) in [7, 11) is 3.22. The van der Waals surface area contributed by atoms with Crippen molar-refractivity contribution in [1.82, 2.24) is 4.90 Å². The summed E-state index contributed by atoms with van der Waals surface area (Å²) in [6, 6.07) is 4.44. The first kappa shape index (κ1) is 16.8. The summed E-state index contributed by atoms with van der Waals surface area (Å²) < 4.78 is 10.0. The van der Waals surface area contributed by atoms with Gasteiger partial charge in [-0.1, -0.05) is 11.6 Å². The Morgan fingerprint density at radius 3 is 2.55 bits per heavy atom. The average Bonchev–Trinajstić information content (AvgIpc) is 2.45. The highest BCUT2D eigenvalue weighted by atomic mass is 35.5. The van der Waals surface area contributed by atoms with Crippen LogP contribution in [0.15, 0.2) is 18.2 Å². The maximum absolute atomic E-state index is 12.4. The zero-order valence-corrected chi connectivity index (χ0v) is 12.5. The topological polar surface area (TPSA) is 59.0 Å². The third kappa shape index (κ3) is 5.00. The fourth-order valence-electron chi connectivity index (χ4n) is 1.74. The third-order valence-electron chi connectivity index (χ3n) is 2.82. The van der Waals surface area contributed by atoms with E-state index in [2.05, 4.69) is 0 Å². The minimum Gasteiger partial charge on any atom is -0.506 e. The van der Waals surface area contributed by atoms with Gasteiger partial charge in [-0.3, -0.25) is 4.79 Å². The fourth-order valence-corrected chi connectivity index (χ4v) is 1.92. The smallest absolute Gasteiger partial charge is 0.253 e. The molecule has 5 nitrogen and oxygen atoms in total. The lowest BCUT2D eigenvalue weighted by Crippen LogP contribution is -2.35. The van der Waals surface area contributed by atoms with Crippen molar-refractivity contribution in [2.45, 2.75) is 6.42 Å². The Balaban J connectivity index is 2.76. The molecule has 1 aromatic rings. The number of phenolic OH excluding ortho intramolecular Hbond substituents is 1. The molecule has 1 N–H and O–H groups in total. The molecule has 0 aliphatic carbocycles. The van der Waals surface area contributed by atoms with Gasteiger partial charge in [0.2, 0.25) is 0 Å². The van der Waals surface area contributed by atoms with Crippen molar-refractivity contribution >= 4 is 17.5 Å². The van der Waals surface area contributed by atoms with E-state index in [1.807, 2.05) is 0 Å². The zero-order valence-electron chi connectivity index (χ0n) is 11.8. The van der Waals surface area contributed by atoms with E-state index in [-0.39, 0.29) is 16.7 Å². The van der Waals surface area contributed by atoms with E-state index in [4.69, 9.17) is 21.1 Å². The molecule has 20 heavy (non-hydrogen) atoms. The number of hydrogen-bond acceptors (Lipinski definition) is 4. The van der Waals surface area contributed by atoms with Crippen LogP contribution in [-0.4, -0.2) is 56.4 Å². The molecule has 0 saturated heterocycles. The minimum atomic E-state index is -0.139. The molecule has 0 fully saturated rings. The molecule has 112 valence electrons. The van der Waals surface area contributed by atoms with Gasteiger partial charge in [-0.25, -0.2) is 0 Å². The minimum absolute atomic E-state index is 0.0361. The molecule has 0 aliphatic heterocycles. The monoisotopic (exact) mass is 301 g/mol. The van der Waals surface area contributed by atoms with Crippen LogP contribution in [0.2, 0.25) is 5.02 Å². The Labute approximate surface area is 124 Å². The lowest BCUT2D eigenvalue weighted by atomic mass is 10.2. The molecule has 0 saturated carbocycles. The van der Waals surface area contributed by atoms with Crippen molar-refractivity contribution in [1.29, 1.82) is 0 Å². The molecule has 0 bridgehead atoms. The van der Waals surface area contributed by atoms with Crippen LogP contribution in [0.4, 0.5) is 0 Å². The van der Waals surface area contributed by atoms with Crippen molar-refractivity contribution in [3.8, 4) is 5.75 Å². The first-order valence-electron chi connectivity index (χ1n) is 6.35. The van der Waals surface area contributed by atoms with Crippen molar-refractivity contribution in [3.05, 3.63) is 28.8 Å². The number of phenols is 1. The third-order valence-corrected chi connectivity index (χ3v) is 3.13. The maximum Gasteiger partial charge on any atom is 0.253 e. The number of halogens is 1. The molecule has 0 radical (unpaired) electrons. The molecule has 1 amide bonds. The van der Waals surface area contributed by atoms with Gasteiger partial charge in [-0.2, -0.15) is 0 Å². The Bertz CT molecular complexity index is 439. The summed E-state index contributed by atoms with van der Waals surface area (Å²) in [5.41, 5.74) is 0.446. The number of rotatable bonds is 8. The van der Waals surface area contributed by atoms with Crippen molar-refractivity contribution in [2.24, 2.45) is 0 Å². The summed E-state index contributed by atoms with van der Waals surface area (Å²) >= 11 is 5.83. The first-order valence-corrected chi connectivity index (χ1v) is 6.73. The number of hydrogen-bond donors (Lipinski definition) is 1. The lowest BCUT2D eigenvalue weighted by Gasteiger charge is -2.22. The number of nitrogens with zero attached hydrogens (tertiary/aromatic N) is 1. The normalized spacial score (nSPS) is 10.6. The Morgan fingerprint density at radius 2 is 1.95 bits per heavy atom. The number of benzene rings is 1. The largest absolute Gasteiger partial charge is 0.506 e. The van der Waals surface area contributed by atoms with Crippen LogP contribution in [0.3, 0.4) is 0 Å². The number of methoxy groups -OCH3 is 2. The van der Waals surface area contributed by atoms with Gasteiger partial charge in [-0.05, 0) is 24.6 Å². The molecular formula is C14H20ClNO4. The predicted octanol–water partition coefficient (Wildman–Crippen LogP) is 2.17. The van der Waals surface area contributed by atoms with E-state index < -0.39 is 0 Å². The Morgan fingerprint density at radius 1 is 1.25 bits per heavy atom. The molecular weight excluding hydrogens is 282 g/mol. The quantitative estimate of drug-likeness (QED) is 0.748. The van der Waals surface area contributed by atoms with Gasteiger partial charge in [0.05, 0.1) is 11.6 Å². The number of ether oxygens (including phenoxy) is 2. The second-order valence-corrected chi connectivity index (χ2v) is 4.70. The highest BCUT2D eigenvalue weighted by Gasteiger charge is 2.16. The second-order valence-electron chi connectivity index (χ2n) is 4.30. The van der Waals surface area contributed by atoms with Gasteiger partial charge in [0.25, 0.3) is 5.91 Å². The summed E-state index contributed by atoms with van der Waals surface area (Å²) in [4.78, 5) is 14.1. The summed E-state index contributed by atoms with van der Waals surface area (Å²) in [5.74, 6) is -0.175. The van der Waals surface area contributed by atoms with Gasteiger partial charge in [-0.15, -0.1) is 0 Å². The van der Waals surface area contributed by atoms with E-state index in [1.165, 1.54) is 12.1 Å². The van der Waals surface area contributed by atoms with Gasteiger partial charge < -0.3 is 19.5 Å². The lowest BCUT2D eigenvalue weighted by molar-refractivity contribution is 0.0674. The SMILES string of the molecule is COCCCN(CCOC)C(=O)c1ccc(O)c(Cl)c1. The van der Waals surface area contributed by atoms with Crippen LogP contribution in [-0.2, 0) is 9.47 Å². The highest BCUT2D eigenvalue weighted by Crippen LogP contribution is 2.24. The standard InChI is InChI=1S/C14H20ClNO4/c1-19-8-3-6-16(7-9-20-2)14(18)11-4-5-13(17)12(15)10-11/h4-5,10,17H,3,6-9H2,1-2H3. The van der Waals surface area contributed by atoms with Gasteiger partial charge >= 0.3 is 0 Å². The highest BCUT2D eigenvalue weighted by molar-refractivity contribution is 6.32. The fraction of sp³-hybridized carbons (Fsp3) is 0.500. The Kier molecular flexibility index (Phi) is 7.36. The van der Waals surface area contributed by atoms with E-state index in [1.54, 1.807) is 25.2 Å². The van der Waals surface area contributed by atoms with Crippen LogP contribution in [0.1, 0.15) is 16.8 Å². The van der Waals surface area contributed by atoms with Gasteiger partial charge in [0, 0.05) is 39.5 Å². The van der Waals surface area contributed by atoms with Crippen LogP contribution in [0.5, 0.6) is 5.75 Å². The summed E-state index contributed by atoms with van der Waals surface area (Å²) in [6.45, 7) is 2.13. The molecule has 1 rings (SSSR count). The number of carbonyl (C=O) groups excluding carboxylic acids is 1. The van der Waals surface area contributed by atoms with Gasteiger partial charge in [0.15, 0.2) is 0 Å². The molecule has 1 aromatic carbocycles. The number of amides is 1. The van der Waals surface area contributed by atoms with Crippen LogP contribution >= 0.6 is 11.6 Å². The van der Waals surface area contributed by atoms with E-state index in [9.17, 15) is 9.90 Å². The van der Waals surface area contributed by atoms with Crippen molar-refractivity contribution < 1.29 is 19.4 Å². The van der Waals surface area contributed by atoms with E-state index >= 15 is 0 Å². The summed E-state index contributed by atoms with van der Waals surface area (Å²) in [5, 5.41) is 9.55. The van der Waals surface area contributed by atoms with E-state index in [0.29, 0.717) is 31.9 Å². The molecule has 0 aliphatic rings. The molecule has 0 aromatic heterocycles. The Hall–Kier alpha value is -1.30. The number of aromatic hydroxyl groups is 1. The average molecular weight is 302 g/mol. The number of carbonyl (C=O) groups is 1. The van der Waals surface area contributed by atoms with Crippen molar-refractivity contribution in [2.75, 3.05) is 40.5 Å².